The van der Waals surface area contributed by atoms with E-state index < -0.39 is 11.6 Å². The van der Waals surface area contributed by atoms with E-state index in [9.17, 15) is 8.78 Å². The summed E-state index contributed by atoms with van der Waals surface area (Å²) >= 11 is 0.862. The minimum Gasteiger partial charge on any atom is -0.470 e. The van der Waals surface area contributed by atoms with Gasteiger partial charge in [-0.25, -0.2) is 18.7 Å². The molecule has 4 N–H and O–H groups in total. The van der Waals surface area contributed by atoms with Gasteiger partial charge in [0.15, 0.2) is 5.82 Å². The molecular weight excluding hydrogens is 274 g/mol. The van der Waals surface area contributed by atoms with Gasteiger partial charge in [-0.3, -0.25) is 5.14 Å². The van der Waals surface area contributed by atoms with E-state index in [1.807, 2.05) is 0 Å². The van der Waals surface area contributed by atoms with Crippen molar-refractivity contribution in [1.82, 2.24) is 9.97 Å². The molecule has 0 aliphatic carbocycles. The van der Waals surface area contributed by atoms with E-state index in [0.29, 0.717) is 5.03 Å². The molecule has 1 aromatic carbocycles. The van der Waals surface area contributed by atoms with Gasteiger partial charge in [0.25, 0.3) is 5.88 Å². The summed E-state index contributed by atoms with van der Waals surface area (Å²) in [6.45, 7) is -0.337. The molecule has 0 spiro atoms. The second-order valence-electron chi connectivity index (χ2n) is 3.51. The van der Waals surface area contributed by atoms with Crippen molar-refractivity contribution < 1.29 is 13.5 Å². The number of nitrogens with zero attached hydrogens (tertiary/aromatic N) is 2. The summed E-state index contributed by atoms with van der Waals surface area (Å²) in [7, 11) is 0. The Balaban J connectivity index is 2.19. The lowest BCUT2D eigenvalue weighted by Crippen LogP contribution is -2.06. The van der Waals surface area contributed by atoms with Crippen LogP contribution in [0.1, 0.15) is 5.56 Å². The third-order valence-corrected chi connectivity index (χ3v) is 2.72. The lowest BCUT2D eigenvalue weighted by molar-refractivity contribution is 0.280. The van der Waals surface area contributed by atoms with Crippen LogP contribution in [0.3, 0.4) is 0 Å². The number of hydrogen-bond donors (Lipinski definition) is 2. The molecule has 0 radical (unpaired) electrons. The zero-order chi connectivity index (χ0) is 13.8. The lowest BCUT2D eigenvalue weighted by Gasteiger charge is -2.09. The maximum absolute atomic E-state index is 13.4. The molecule has 100 valence electrons. The largest absolute Gasteiger partial charge is 0.470 e. The third-order valence-electron chi connectivity index (χ3n) is 2.28. The fourth-order valence-electron chi connectivity index (χ4n) is 1.34. The summed E-state index contributed by atoms with van der Waals surface area (Å²) in [4.78, 5) is 7.76. The fourth-order valence-corrected chi connectivity index (χ4v) is 1.59. The van der Waals surface area contributed by atoms with E-state index in [1.54, 1.807) is 0 Å². The summed E-state index contributed by atoms with van der Waals surface area (Å²) in [5, 5.41) is 5.71. The second-order valence-corrected chi connectivity index (χ2v) is 4.16. The molecule has 2 aromatic rings. The average molecular weight is 284 g/mol. The van der Waals surface area contributed by atoms with Crippen LogP contribution in [0.2, 0.25) is 0 Å². The Morgan fingerprint density at radius 2 is 1.95 bits per heavy atom. The Morgan fingerprint density at radius 3 is 2.58 bits per heavy atom. The van der Waals surface area contributed by atoms with Gasteiger partial charge in [-0.1, -0.05) is 6.07 Å². The number of ether oxygens (including phenoxy) is 1. The SMILES string of the molecule is NSc1cnc(N)c(OCc2c(F)cccc2F)n1. The highest BCUT2D eigenvalue weighted by Crippen LogP contribution is 2.21. The Bertz CT molecular complexity index is 577. The summed E-state index contributed by atoms with van der Waals surface area (Å²) in [5.74, 6) is -1.39. The number of benzene rings is 1. The van der Waals surface area contributed by atoms with Crippen molar-refractivity contribution in [1.29, 1.82) is 0 Å². The molecule has 0 aliphatic rings. The highest BCUT2D eigenvalue weighted by atomic mass is 32.2. The van der Waals surface area contributed by atoms with Crippen LogP contribution in [0, 0.1) is 11.6 Å². The smallest absolute Gasteiger partial charge is 0.258 e. The average Bonchev–Trinajstić information content (AvgIpc) is 2.40. The number of nitrogen functional groups attached to an aromatic ring is 1. The van der Waals surface area contributed by atoms with Gasteiger partial charge in [-0.15, -0.1) is 0 Å². The number of hydrogen-bond acceptors (Lipinski definition) is 6. The molecule has 0 atom stereocenters. The van der Waals surface area contributed by atoms with Crippen molar-refractivity contribution in [3.63, 3.8) is 0 Å². The van der Waals surface area contributed by atoms with Gasteiger partial charge in [-0.2, -0.15) is 0 Å². The minimum atomic E-state index is -0.698. The molecule has 0 fully saturated rings. The number of halogens is 2. The predicted octanol–water partition coefficient (Wildman–Crippen LogP) is 1.88. The van der Waals surface area contributed by atoms with Crippen molar-refractivity contribution in [3.05, 3.63) is 41.6 Å². The molecule has 0 unspecified atom stereocenters. The molecule has 19 heavy (non-hydrogen) atoms. The van der Waals surface area contributed by atoms with Gasteiger partial charge < -0.3 is 10.5 Å². The Hall–Kier alpha value is -1.93. The van der Waals surface area contributed by atoms with E-state index in [2.05, 4.69) is 9.97 Å². The van der Waals surface area contributed by atoms with E-state index in [-0.39, 0.29) is 23.9 Å². The highest BCUT2D eigenvalue weighted by molar-refractivity contribution is 7.97. The first kappa shape index (κ1) is 13.5. The molecule has 0 saturated heterocycles. The predicted molar refractivity (Wildman–Crippen MR) is 67.2 cm³/mol. The Labute approximate surface area is 112 Å². The van der Waals surface area contributed by atoms with E-state index in [0.717, 1.165) is 24.1 Å². The molecular formula is C11H10F2N4OS. The molecule has 0 saturated carbocycles. The van der Waals surface area contributed by atoms with E-state index in [1.165, 1.54) is 12.3 Å². The van der Waals surface area contributed by atoms with Crippen molar-refractivity contribution in [3.8, 4) is 5.88 Å². The molecule has 1 aromatic heterocycles. The highest BCUT2D eigenvalue weighted by Gasteiger charge is 2.12. The zero-order valence-corrected chi connectivity index (χ0v) is 10.5. The van der Waals surface area contributed by atoms with E-state index in [4.69, 9.17) is 15.6 Å². The van der Waals surface area contributed by atoms with Gasteiger partial charge in [-0.05, 0) is 24.1 Å². The summed E-state index contributed by atoms with van der Waals surface area (Å²) in [6, 6.07) is 3.56. The first-order chi connectivity index (χ1) is 9.11. The normalized spacial score (nSPS) is 10.5. The van der Waals surface area contributed by atoms with Crippen LogP contribution in [0.5, 0.6) is 5.88 Å². The number of rotatable bonds is 4. The van der Waals surface area contributed by atoms with Crippen molar-refractivity contribution in [2.45, 2.75) is 11.6 Å². The van der Waals surface area contributed by atoms with Crippen molar-refractivity contribution in [2.75, 3.05) is 5.73 Å². The topological polar surface area (TPSA) is 87.0 Å². The van der Waals surface area contributed by atoms with Gasteiger partial charge >= 0.3 is 0 Å². The van der Waals surface area contributed by atoms with Crippen LogP contribution in [0.4, 0.5) is 14.6 Å². The van der Waals surface area contributed by atoms with Crippen LogP contribution < -0.4 is 15.6 Å². The summed E-state index contributed by atoms with van der Waals surface area (Å²) in [6.07, 6.45) is 1.37. The molecule has 1 heterocycles. The first-order valence-corrected chi connectivity index (χ1v) is 6.04. The number of aromatic nitrogens is 2. The maximum Gasteiger partial charge on any atom is 0.258 e. The third kappa shape index (κ3) is 3.09. The van der Waals surface area contributed by atoms with E-state index >= 15 is 0 Å². The molecule has 0 aliphatic heterocycles. The monoisotopic (exact) mass is 284 g/mol. The lowest BCUT2D eigenvalue weighted by atomic mass is 10.2. The summed E-state index contributed by atoms with van der Waals surface area (Å²) < 4.78 is 32.0. The number of anilines is 1. The van der Waals surface area contributed by atoms with Crippen molar-refractivity contribution >= 4 is 17.8 Å². The Kier molecular flexibility index (Phi) is 4.13. The fraction of sp³-hybridized carbons (Fsp3) is 0.0909. The van der Waals surface area contributed by atoms with Crippen molar-refractivity contribution in [2.24, 2.45) is 5.14 Å². The quantitative estimate of drug-likeness (QED) is 0.834. The van der Waals surface area contributed by atoms with Crippen LogP contribution in [0.15, 0.2) is 29.4 Å². The van der Waals surface area contributed by atoms with Crippen LogP contribution in [0.25, 0.3) is 0 Å². The van der Waals surface area contributed by atoms with Gasteiger partial charge in [0.1, 0.15) is 23.3 Å². The summed E-state index contributed by atoms with van der Waals surface area (Å²) in [5.41, 5.74) is 5.35. The zero-order valence-electron chi connectivity index (χ0n) is 9.64. The molecule has 0 amide bonds. The first-order valence-electron chi connectivity index (χ1n) is 5.16. The molecule has 5 nitrogen and oxygen atoms in total. The van der Waals surface area contributed by atoms with Crippen LogP contribution >= 0.6 is 11.9 Å². The second kappa shape index (κ2) is 5.81. The minimum absolute atomic E-state index is 0.0156. The van der Waals surface area contributed by atoms with Gasteiger partial charge in [0.05, 0.1) is 11.8 Å². The van der Waals surface area contributed by atoms with Gasteiger partial charge in [0.2, 0.25) is 0 Å². The molecule has 0 bridgehead atoms. The standard InChI is InChI=1S/C11H10F2N4OS/c12-7-2-1-3-8(13)6(7)5-18-11-10(14)16-4-9(17-11)19-15/h1-4H,5,15H2,(H2,14,16). The number of nitrogens with two attached hydrogens (primary N) is 2. The molecule has 8 heteroatoms. The molecule has 2 rings (SSSR count). The van der Waals surface area contributed by atoms with Gasteiger partial charge in [0, 0.05) is 0 Å². The van der Waals surface area contributed by atoms with Crippen LogP contribution in [-0.4, -0.2) is 9.97 Å². The maximum atomic E-state index is 13.4. The Morgan fingerprint density at radius 1 is 1.26 bits per heavy atom. The van der Waals surface area contributed by atoms with Crippen LogP contribution in [-0.2, 0) is 6.61 Å².